The van der Waals surface area contributed by atoms with Gasteiger partial charge in [0.2, 0.25) is 0 Å². The molecule has 0 N–H and O–H groups in total. The maximum absolute atomic E-state index is 13.2. The lowest BCUT2D eigenvalue weighted by molar-refractivity contribution is 0.0734. The molecule has 0 unspecified atom stereocenters. The highest BCUT2D eigenvalue weighted by molar-refractivity contribution is 5.91. The molecule has 3 rings (SSSR count). The first-order valence-electron chi connectivity index (χ1n) is 9.49. The Hall–Kier alpha value is -2.53. The Morgan fingerprint density at radius 1 is 1.04 bits per heavy atom. The number of carbonyl (C=O) groups is 1. The lowest BCUT2D eigenvalue weighted by Gasteiger charge is -2.27. The second-order valence-electron chi connectivity index (χ2n) is 7.08. The minimum absolute atomic E-state index is 0.0205. The zero-order valence-corrected chi connectivity index (χ0v) is 15.9. The number of rotatable bonds is 6. The number of allylic oxidation sites excluding steroid dienone is 1. The molecule has 0 aliphatic heterocycles. The van der Waals surface area contributed by atoms with Gasteiger partial charge in [-0.1, -0.05) is 24.3 Å². The third-order valence-electron chi connectivity index (χ3n) is 5.16. The molecule has 1 aliphatic carbocycles. The first-order chi connectivity index (χ1) is 13.6. The SMILES string of the molecule is COCC=C[C@H]1CC[C@H](c2ccc(C(=O)Oc3ccc(F)c(F)c3)cc2)CC1. The van der Waals surface area contributed by atoms with Crippen molar-refractivity contribution in [2.45, 2.75) is 31.6 Å². The predicted molar refractivity (Wildman–Crippen MR) is 103 cm³/mol. The molecule has 0 spiro atoms. The van der Waals surface area contributed by atoms with Gasteiger partial charge in [0, 0.05) is 13.2 Å². The van der Waals surface area contributed by atoms with Crippen LogP contribution >= 0.6 is 0 Å². The summed E-state index contributed by atoms with van der Waals surface area (Å²) >= 11 is 0. The molecule has 1 saturated carbocycles. The zero-order valence-electron chi connectivity index (χ0n) is 15.9. The number of methoxy groups -OCH3 is 1. The Kier molecular flexibility index (Phi) is 6.93. The van der Waals surface area contributed by atoms with Gasteiger partial charge in [0.15, 0.2) is 11.6 Å². The van der Waals surface area contributed by atoms with Crippen molar-refractivity contribution in [3.8, 4) is 5.75 Å². The van der Waals surface area contributed by atoms with Gasteiger partial charge in [0.1, 0.15) is 5.75 Å². The van der Waals surface area contributed by atoms with Crippen LogP contribution in [0.3, 0.4) is 0 Å². The minimum Gasteiger partial charge on any atom is -0.423 e. The van der Waals surface area contributed by atoms with Gasteiger partial charge in [-0.3, -0.25) is 0 Å². The van der Waals surface area contributed by atoms with Crippen LogP contribution in [0.4, 0.5) is 8.78 Å². The number of benzene rings is 2. The summed E-state index contributed by atoms with van der Waals surface area (Å²) in [4.78, 5) is 12.2. The summed E-state index contributed by atoms with van der Waals surface area (Å²) < 4.78 is 36.3. The van der Waals surface area contributed by atoms with E-state index in [1.165, 1.54) is 11.6 Å². The first-order valence-corrected chi connectivity index (χ1v) is 9.49. The fourth-order valence-corrected chi connectivity index (χ4v) is 3.59. The molecule has 28 heavy (non-hydrogen) atoms. The fraction of sp³-hybridized carbons (Fsp3) is 0.348. The van der Waals surface area contributed by atoms with Crippen molar-refractivity contribution in [3.63, 3.8) is 0 Å². The molecule has 2 aromatic carbocycles. The summed E-state index contributed by atoms with van der Waals surface area (Å²) in [5.41, 5.74) is 1.59. The van der Waals surface area contributed by atoms with Crippen LogP contribution in [0.2, 0.25) is 0 Å². The molecule has 0 radical (unpaired) electrons. The van der Waals surface area contributed by atoms with E-state index in [2.05, 4.69) is 12.2 Å². The highest BCUT2D eigenvalue weighted by atomic mass is 19.2. The maximum atomic E-state index is 13.2. The van der Waals surface area contributed by atoms with Crippen molar-refractivity contribution in [3.05, 3.63) is 77.4 Å². The number of carbonyl (C=O) groups excluding carboxylic acids is 1. The average Bonchev–Trinajstić information content (AvgIpc) is 2.72. The van der Waals surface area contributed by atoms with E-state index in [0.717, 1.165) is 37.8 Å². The van der Waals surface area contributed by atoms with Gasteiger partial charge in [-0.25, -0.2) is 13.6 Å². The van der Waals surface area contributed by atoms with Crippen molar-refractivity contribution in [2.24, 2.45) is 5.92 Å². The lowest BCUT2D eigenvalue weighted by atomic mass is 9.78. The van der Waals surface area contributed by atoms with Gasteiger partial charge in [0.05, 0.1) is 12.2 Å². The van der Waals surface area contributed by atoms with Crippen LogP contribution in [0.1, 0.15) is 47.5 Å². The van der Waals surface area contributed by atoms with Crippen LogP contribution in [0.5, 0.6) is 5.75 Å². The summed E-state index contributed by atoms with van der Waals surface area (Å²) in [5.74, 6) is -1.54. The second kappa shape index (κ2) is 9.60. The van der Waals surface area contributed by atoms with E-state index in [4.69, 9.17) is 9.47 Å². The summed E-state index contributed by atoms with van der Waals surface area (Å²) in [6, 6.07) is 10.4. The van der Waals surface area contributed by atoms with E-state index in [0.29, 0.717) is 24.0 Å². The summed E-state index contributed by atoms with van der Waals surface area (Å²) in [5, 5.41) is 0. The van der Waals surface area contributed by atoms with E-state index >= 15 is 0 Å². The Morgan fingerprint density at radius 2 is 1.75 bits per heavy atom. The number of hydrogen-bond donors (Lipinski definition) is 0. The van der Waals surface area contributed by atoms with Crippen LogP contribution in [0.25, 0.3) is 0 Å². The zero-order chi connectivity index (χ0) is 19.9. The minimum atomic E-state index is -1.05. The monoisotopic (exact) mass is 386 g/mol. The molecule has 3 nitrogen and oxygen atoms in total. The van der Waals surface area contributed by atoms with Crippen LogP contribution < -0.4 is 4.74 Å². The molecule has 0 saturated heterocycles. The second-order valence-corrected chi connectivity index (χ2v) is 7.08. The predicted octanol–water partition coefficient (Wildman–Crippen LogP) is 5.66. The van der Waals surface area contributed by atoms with Crippen molar-refractivity contribution in [1.82, 2.24) is 0 Å². The molecule has 1 fully saturated rings. The van der Waals surface area contributed by atoms with Crippen LogP contribution in [0, 0.1) is 17.6 Å². The van der Waals surface area contributed by atoms with E-state index in [1.807, 2.05) is 12.1 Å². The third-order valence-corrected chi connectivity index (χ3v) is 5.16. The number of hydrogen-bond acceptors (Lipinski definition) is 3. The maximum Gasteiger partial charge on any atom is 0.343 e. The Balaban J connectivity index is 1.56. The van der Waals surface area contributed by atoms with Gasteiger partial charge in [-0.05, 0) is 67.3 Å². The molecular weight excluding hydrogens is 362 g/mol. The molecular formula is C23H24F2O3. The average molecular weight is 386 g/mol. The molecule has 2 aromatic rings. The summed E-state index contributed by atoms with van der Waals surface area (Å²) in [6.07, 6.45) is 8.84. The quantitative estimate of drug-likeness (QED) is 0.365. The normalized spacial score (nSPS) is 19.7. The van der Waals surface area contributed by atoms with Gasteiger partial charge in [-0.2, -0.15) is 0 Å². The van der Waals surface area contributed by atoms with E-state index < -0.39 is 17.6 Å². The Morgan fingerprint density at radius 3 is 2.39 bits per heavy atom. The van der Waals surface area contributed by atoms with Crippen LogP contribution in [-0.2, 0) is 4.74 Å². The highest BCUT2D eigenvalue weighted by Crippen LogP contribution is 2.36. The third kappa shape index (κ3) is 5.26. The van der Waals surface area contributed by atoms with E-state index in [-0.39, 0.29) is 5.75 Å². The van der Waals surface area contributed by atoms with Crippen molar-refractivity contribution < 1.29 is 23.0 Å². The van der Waals surface area contributed by atoms with Crippen LogP contribution in [-0.4, -0.2) is 19.7 Å². The first kappa shape index (κ1) is 20.2. The highest BCUT2D eigenvalue weighted by Gasteiger charge is 2.21. The summed E-state index contributed by atoms with van der Waals surface area (Å²) in [7, 11) is 1.69. The van der Waals surface area contributed by atoms with Crippen molar-refractivity contribution in [2.75, 3.05) is 13.7 Å². The molecule has 1 aliphatic rings. The molecule has 0 bridgehead atoms. The number of esters is 1. The van der Waals surface area contributed by atoms with E-state index in [9.17, 15) is 13.6 Å². The van der Waals surface area contributed by atoms with Gasteiger partial charge >= 0.3 is 5.97 Å². The van der Waals surface area contributed by atoms with Gasteiger partial charge in [0.25, 0.3) is 0 Å². The Bertz CT molecular complexity index is 822. The molecule has 5 heteroatoms. The number of halogens is 2. The van der Waals surface area contributed by atoms with E-state index in [1.54, 1.807) is 19.2 Å². The van der Waals surface area contributed by atoms with Gasteiger partial charge < -0.3 is 9.47 Å². The van der Waals surface area contributed by atoms with Crippen molar-refractivity contribution >= 4 is 5.97 Å². The lowest BCUT2D eigenvalue weighted by Crippen LogP contribution is -2.13. The molecule has 0 amide bonds. The molecule has 0 atom stereocenters. The fourth-order valence-electron chi connectivity index (χ4n) is 3.59. The summed E-state index contributed by atoms with van der Waals surface area (Å²) in [6.45, 7) is 0.655. The largest absolute Gasteiger partial charge is 0.423 e. The molecule has 0 heterocycles. The van der Waals surface area contributed by atoms with Crippen LogP contribution in [0.15, 0.2) is 54.6 Å². The smallest absolute Gasteiger partial charge is 0.343 e. The van der Waals surface area contributed by atoms with Crippen molar-refractivity contribution in [1.29, 1.82) is 0 Å². The molecule has 0 aromatic heterocycles. The standard InChI is InChI=1S/C23H24F2O3/c1-27-14-2-3-16-4-6-17(7-5-16)18-8-10-19(11-9-18)23(26)28-20-12-13-21(24)22(25)15-20/h2-3,8-13,15-17H,4-7,14H2,1H3/t16-,17-. The molecule has 148 valence electrons. The number of ether oxygens (including phenoxy) is 2. The topological polar surface area (TPSA) is 35.5 Å². The Labute approximate surface area is 164 Å². The van der Waals surface area contributed by atoms with Gasteiger partial charge in [-0.15, -0.1) is 0 Å².